The van der Waals surface area contributed by atoms with E-state index >= 15 is 0 Å². The monoisotopic (exact) mass is 221 g/mol. The summed E-state index contributed by atoms with van der Waals surface area (Å²) in [6.07, 6.45) is 0.930. The van der Waals surface area contributed by atoms with Crippen LogP contribution in [0.15, 0.2) is 24.3 Å². The second-order valence-corrected chi connectivity index (χ2v) is 3.80. The molecule has 0 bridgehead atoms. The molecule has 1 rings (SSSR count). The van der Waals surface area contributed by atoms with E-state index in [4.69, 9.17) is 5.11 Å². The van der Waals surface area contributed by atoms with Crippen molar-refractivity contribution in [3.05, 3.63) is 29.8 Å². The van der Waals surface area contributed by atoms with E-state index < -0.39 is 0 Å². The van der Waals surface area contributed by atoms with Gasteiger partial charge in [-0.15, -0.1) is 0 Å². The van der Waals surface area contributed by atoms with Crippen molar-refractivity contribution in [2.24, 2.45) is 0 Å². The number of aryl methyl sites for hydroxylation is 1. The molecule has 0 atom stereocenters. The molecule has 0 radical (unpaired) electrons. The molecule has 0 aliphatic carbocycles. The molecular weight excluding hydrogens is 202 g/mol. The van der Waals surface area contributed by atoms with Crippen LogP contribution in [-0.2, 0) is 4.79 Å². The number of hydrogen-bond donors (Lipinski definition) is 1. The average Bonchev–Trinajstić information content (AvgIpc) is 2.27. The number of anilines is 1. The van der Waals surface area contributed by atoms with Gasteiger partial charge in [-0.25, -0.2) is 0 Å². The summed E-state index contributed by atoms with van der Waals surface area (Å²) < 4.78 is 0. The highest BCUT2D eigenvalue weighted by molar-refractivity contribution is 5.93. The lowest BCUT2D eigenvalue weighted by molar-refractivity contribution is -0.118. The van der Waals surface area contributed by atoms with E-state index in [0.29, 0.717) is 19.4 Å². The van der Waals surface area contributed by atoms with E-state index in [1.54, 1.807) is 4.90 Å². The Labute approximate surface area is 96.7 Å². The van der Waals surface area contributed by atoms with Crippen LogP contribution >= 0.6 is 0 Å². The number of benzene rings is 1. The predicted molar refractivity (Wildman–Crippen MR) is 65.5 cm³/mol. The summed E-state index contributed by atoms with van der Waals surface area (Å²) in [6.45, 7) is 4.69. The van der Waals surface area contributed by atoms with Crippen LogP contribution in [-0.4, -0.2) is 24.2 Å². The van der Waals surface area contributed by atoms with Gasteiger partial charge in [-0.3, -0.25) is 4.79 Å². The predicted octanol–water partition coefficient (Wildman–Crippen LogP) is 2.12. The van der Waals surface area contributed by atoms with Gasteiger partial charge in [-0.05, 0) is 38.0 Å². The van der Waals surface area contributed by atoms with Crippen molar-refractivity contribution in [1.82, 2.24) is 0 Å². The van der Waals surface area contributed by atoms with Gasteiger partial charge >= 0.3 is 0 Å². The largest absolute Gasteiger partial charge is 0.396 e. The zero-order valence-corrected chi connectivity index (χ0v) is 9.94. The molecule has 0 heterocycles. The molecule has 1 aromatic rings. The van der Waals surface area contributed by atoms with E-state index in [2.05, 4.69) is 0 Å². The van der Waals surface area contributed by atoms with Crippen LogP contribution < -0.4 is 4.90 Å². The number of nitrogens with zero attached hydrogens (tertiary/aromatic N) is 1. The number of aliphatic hydroxyl groups excluding tert-OH is 1. The fourth-order valence-electron chi connectivity index (χ4n) is 1.66. The first-order valence-electron chi connectivity index (χ1n) is 5.67. The number of hydrogen-bond acceptors (Lipinski definition) is 2. The molecule has 0 saturated heterocycles. The highest BCUT2D eigenvalue weighted by Crippen LogP contribution is 2.16. The lowest BCUT2D eigenvalue weighted by Crippen LogP contribution is -2.30. The molecule has 1 aromatic carbocycles. The lowest BCUT2D eigenvalue weighted by Gasteiger charge is -2.21. The highest BCUT2D eigenvalue weighted by Gasteiger charge is 2.12. The van der Waals surface area contributed by atoms with Gasteiger partial charge in [0.1, 0.15) is 0 Å². The number of carbonyl (C=O) groups is 1. The summed E-state index contributed by atoms with van der Waals surface area (Å²) in [5, 5.41) is 8.71. The Bertz CT molecular complexity index is 350. The molecule has 1 N–H and O–H groups in total. The third-order valence-electron chi connectivity index (χ3n) is 2.48. The minimum absolute atomic E-state index is 0.0666. The summed E-state index contributed by atoms with van der Waals surface area (Å²) >= 11 is 0. The molecule has 0 fully saturated rings. The zero-order valence-electron chi connectivity index (χ0n) is 9.94. The topological polar surface area (TPSA) is 40.5 Å². The van der Waals surface area contributed by atoms with E-state index in [0.717, 1.165) is 11.3 Å². The lowest BCUT2D eigenvalue weighted by atomic mass is 10.2. The summed E-state index contributed by atoms with van der Waals surface area (Å²) in [6, 6.07) is 7.90. The van der Waals surface area contributed by atoms with Gasteiger partial charge in [0.05, 0.1) is 0 Å². The molecule has 0 unspecified atom stereocenters. The van der Waals surface area contributed by atoms with Gasteiger partial charge in [0, 0.05) is 25.3 Å². The molecule has 88 valence electrons. The first-order valence-corrected chi connectivity index (χ1v) is 5.67. The van der Waals surface area contributed by atoms with Crippen molar-refractivity contribution in [3.8, 4) is 0 Å². The Morgan fingerprint density at radius 1 is 1.44 bits per heavy atom. The van der Waals surface area contributed by atoms with Gasteiger partial charge in [0.2, 0.25) is 5.91 Å². The Morgan fingerprint density at radius 3 is 2.75 bits per heavy atom. The smallest absolute Gasteiger partial charge is 0.227 e. The molecule has 3 nitrogen and oxygen atoms in total. The summed E-state index contributed by atoms with van der Waals surface area (Å²) in [7, 11) is 0. The highest BCUT2D eigenvalue weighted by atomic mass is 16.3. The number of amides is 1. The number of rotatable bonds is 5. The van der Waals surface area contributed by atoms with Gasteiger partial charge < -0.3 is 10.0 Å². The van der Waals surface area contributed by atoms with Crippen LogP contribution in [0.25, 0.3) is 0 Å². The van der Waals surface area contributed by atoms with Crippen molar-refractivity contribution in [1.29, 1.82) is 0 Å². The summed E-state index contributed by atoms with van der Waals surface area (Å²) in [4.78, 5) is 13.6. The molecule has 0 spiro atoms. The van der Waals surface area contributed by atoms with Crippen molar-refractivity contribution in [2.45, 2.75) is 26.7 Å². The third-order valence-corrected chi connectivity index (χ3v) is 2.48. The van der Waals surface area contributed by atoms with Crippen LogP contribution in [0.5, 0.6) is 0 Å². The maximum atomic E-state index is 11.9. The molecule has 1 amide bonds. The minimum atomic E-state index is 0.0666. The van der Waals surface area contributed by atoms with Crippen molar-refractivity contribution >= 4 is 11.6 Å². The average molecular weight is 221 g/mol. The molecule has 16 heavy (non-hydrogen) atoms. The Morgan fingerprint density at radius 2 is 2.19 bits per heavy atom. The van der Waals surface area contributed by atoms with Crippen molar-refractivity contribution in [2.75, 3.05) is 18.1 Å². The third kappa shape index (κ3) is 3.35. The molecule has 0 saturated carbocycles. The Balaban J connectivity index is 2.77. The molecule has 0 aliphatic rings. The first-order chi connectivity index (χ1) is 7.69. The fourth-order valence-corrected chi connectivity index (χ4v) is 1.66. The van der Waals surface area contributed by atoms with Crippen LogP contribution in [0.2, 0.25) is 0 Å². The van der Waals surface area contributed by atoms with E-state index in [9.17, 15) is 4.79 Å². The van der Waals surface area contributed by atoms with Crippen LogP contribution in [0.1, 0.15) is 25.3 Å². The maximum Gasteiger partial charge on any atom is 0.227 e. The van der Waals surface area contributed by atoms with Gasteiger partial charge in [-0.2, -0.15) is 0 Å². The normalized spacial score (nSPS) is 10.2. The first kappa shape index (κ1) is 12.7. The fraction of sp³-hybridized carbons (Fsp3) is 0.462. The Kier molecular flexibility index (Phi) is 4.99. The molecule has 0 aromatic heterocycles. The molecular formula is C13H19NO2. The minimum Gasteiger partial charge on any atom is -0.396 e. The standard InChI is InChI=1S/C13H19NO2/c1-3-14(13(16)8-5-9-15)12-7-4-6-11(2)10-12/h4,6-7,10,15H,3,5,8-9H2,1-2H3. The molecule has 3 heteroatoms. The number of carbonyl (C=O) groups excluding carboxylic acids is 1. The quantitative estimate of drug-likeness (QED) is 0.827. The second kappa shape index (κ2) is 6.28. The zero-order chi connectivity index (χ0) is 12.0. The number of aliphatic hydroxyl groups is 1. The van der Waals surface area contributed by atoms with E-state index in [1.165, 1.54) is 0 Å². The summed E-state index contributed by atoms with van der Waals surface area (Å²) in [5.74, 6) is 0.0714. The van der Waals surface area contributed by atoms with E-state index in [1.807, 2.05) is 38.1 Å². The Hall–Kier alpha value is -1.35. The van der Waals surface area contributed by atoms with Crippen molar-refractivity contribution < 1.29 is 9.90 Å². The van der Waals surface area contributed by atoms with Gasteiger partial charge in [0.15, 0.2) is 0 Å². The van der Waals surface area contributed by atoms with Gasteiger partial charge in [-0.1, -0.05) is 12.1 Å². The summed E-state index contributed by atoms with van der Waals surface area (Å²) in [5.41, 5.74) is 2.08. The van der Waals surface area contributed by atoms with Crippen LogP contribution in [0, 0.1) is 6.92 Å². The van der Waals surface area contributed by atoms with Crippen molar-refractivity contribution in [3.63, 3.8) is 0 Å². The van der Waals surface area contributed by atoms with Gasteiger partial charge in [0.25, 0.3) is 0 Å². The molecule has 0 aliphatic heterocycles. The second-order valence-electron chi connectivity index (χ2n) is 3.80. The van der Waals surface area contributed by atoms with Crippen LogP contribution in [0.4, 0.5) is 5.69 Å². The SMILES string of the molecule is CCN(C(=O)CCCO)c1cccc(C)c1. The van der Waals surface area contributed by atoms with E-state index in [-0.39, 0.29) is 12.5 Å². The maximum absolute atomic E-state index is 11.9. The van der Waals surface area contributed by atoms with Crippen LogP contribution in [0.3, 0.4) is 0 Å².